The number of nitrogens with zero attached hydrogens (tertiary/aromatic N) is 3. The first-order chi connectivity index (χ1) is 17.3. The van der Waals surface area contributed by atoms with E-state index < -0.39 is 10.0 Å². The maximum Gasteiger partial charge on any atom is 0.269 e. The van der Waals surface area contributed by atoms with Crippen LogP contribution in [0.3, 0.4) is 0 Å². The second-order valence-electron chi connectivity index (χ2n) is 7.91. The molecule has 0 fully saturated rings. The summed E-state index contributed by atoms with van der Waals surface area (Å²) in [7, 11) is -2.27. The maximum absolute atomic E-state index is 13.4. The third-order valence-corrected chi connectivity index (χ3v) is 8.96. The van der Waals surface area contributed by atoms with Crippen LogP contribution in [0.25, 0.3) is 11.0 Å². The number of nitrogens with one attached hydrogen (secondary N) is 1. The van der Waals surface area contributed by atoms with Crippen molar-refractivity contribution >= 4 is 60.6 Å². The van der Waals surface area contributed by atoms with Gasteiger partial charge in [-0.15, -0.1) is 11.3 Å². The van der Waals surface area contributed by atoms with Crippen molar-refractivity contribution in [1.29, 1.82) is 0 Å². The van der Waals surface area contributed by atoms with Crippen LogP contribution in [0, 0.1) is 0 Å². The number of anilines is 1. The molecular weight excluding hydrogens is 539 g/mol. The van der Waals surface area contributed by atoms with Crippen LogP contribution in [0.5, 0.6) is 5.88 Å². The first kappa shape index (κ1) is 24.6. The summed E-state index contributed by atoms with van der Waals surface area (Å²) in [6.45, 7) is 0.571. The molecule has 0 unspecified atom stereocenters. The number of hydrogen-bond donors (Lipinski definition) is 1. The van der Waals surface area contributed by atoms with Crippen molar-refractivity contribution in [1.82, 2.24) is 13.9 Å². The summed E-state index contributed by atoms with van der Waals surface area (Å²) in [5.74, 6) is 0.559. The Bertz CT molecular complexity index is 1630. The number of rotatable bonds is 8. The van der Waals surface area contributed by atoms with Gasteiger partial charge in [0, 0.05) is 47.9 Å². The molecule has 7 nitrogen and oxygen atoms in total. The van der Waals surface area contributed by atoms with E-state index in [1.807, 2.05) is 18.2 Å². The number of benzene rings is 1. The van der Waals surface area contributed by atoms with Gasteiger partial charge in [0.15, 0.2) is 5.65 Å². The summed E-state index contributed by atoms with van der Waals surface area (Å²) >= 11 is 14.3. The highest BCUT2D eigenvalue weighted by Crippen LogP contribution is 2.36. The van der Waals surface area contributed by atoms with Crippen LogP contribution in [-0.2, 0) is 23.0 Å². The van der Waals surface area contributed by atoms with Crippen molar-refractivity contribution in [2.75, 3.05) is 12.4 Å². The third-order valence-electron chi connectivity index (χ3n) is 5.54. The van der Waals surface area contributed by atoms with Gasteiger partial charge < -0.3 is 10.1 Å². The lowest BCUT2D eigenvalue weighted by molar-refractivity contribution is 0.397. The molecule has 5 rings (SSSR count). The molecule has 4 aromatic heterocycles. The predicted molar refractivity (Wildman–Crippen MR) is 144 cm³/mol. The van der Waals surface area contributed by atoms with Crippen molar-refractivity contribution in [3.63, 3.8) is 0 Å². The molecule has 0 aliphatic carbocycles. The standard InChI is InChI=1S/C25H20Cl2N4O3S2/c1-34-23-8-7-16(12-28-23)13-29-24-11-21(27)22(35-24)9-17-15-31(25-20(17)10-18(26)14-30-25)36(32,33)19-5-3-2-4-6-19/h2-8,10-12,14-15,29H,9,13H2,1H3. The maximum atomic E-state index is 13.4. The smallest absolute Gasteiger partial charge is 0.269 e. The molecule has 0 radical (unpaired) electrons. The number of ether oxygens (including phenoxy) is 1. The van der Waals surface area contributed by atoms with E-state index in [0.717, 1.165) is 21.0 Å². The van der Waals surface area contributed by atoms with Crippen molar-refractivity contribution in [3.8, 4) is 5.88 Å². The Morgan fingerprint density at radius 1 is 1.06 bits per heavy atom. The van der Waals surface area contributed by atoms with Gasteiger partial charge in [-0.2, -0.15) is 0 Å². The van der Waals surface area contributed by atoms with Gasteiger partial charge in [0.25, 0.3) is 10.0 Å². The third kappa shape index (κ3) is 4.92. The fraction of sp³-hybridized carbons (Fsp3) is 0.120. The van der Waals surface area contributed by atoms with E-state index in [0.29, 0.717) is 39.9 Å². The van der Waals surface area contributed by atoms with Gasteiger partial charge in [-0.05, 0) is 35.4 Å². The molecule has 0 bridgehead atoms. The highest BCUT2D eigenvalue weighted by Gasteiger charge is 2.23. The van der Waals surface area contributed by atoms with Crippen LogP contribution in [0.4, 0.5) is 5.00 Å². The summed E-state index contributed by atoms with van der Waals surface area (Å²) in [6.07, 6.45) is 5.22. The van der Waals surface area contributed by atoms with E-state index in [1.54, 1.807) is 55.9 Å². The van der Waals surface area contributed by atoms with Gasteiger partial charge in [0.05, 0.1) is 27.1 Å². The molecule has 0 aliphatic heterocycles. The van der Waals surface area contributed by atoms with E-state index in [4.69, 9.17) is 27.9 Å². The number of fused-ring (bicyclic) bond motifs is 1. The molecule has 0 atom stereocenters. The van der Waals surface area contributed by atoms with Crippen LogP contribution in [0.15, 0.2) is 78.1 Å². The zero-order valence-electron chi connectivity index (χ0n) is 19.0. The SMILES string of the molecule is COc1ccc(CNc2cc(Cl)c(Cc3cn(S(=O)(=O)c4ccccc4)c4ncc(Cl)cc34)s2)cn1. The Kier molecular flexibility index (Phi) is 6.90. The first-order valence-corrected chi connectivity index (χ1v) is 13.8. The Hall–Kier alpha value is -3.11. The zero-order valence-corrected chi connectivity index (χ0v) is 22.1. The monoisotopic (exact) mass is 558 g/mol. The molecule has 1 aromatic carbocycles. The number of halogens is 2. The fourth-order valence-electron chi connectivity index (χ4n) is 3.76. The summed E-state index contributed by atoms with van der Waals surface area (Å²) in [5, 5.41) is 5.93. The second kappa shape index (κ2) is 10.1. The van der Waals surface area contributed by atoms with Gasteiger partial charge in [-0.1, -0.05) is 47.5 Å². The average molecular weight is 560 g/mol. The van der Waals surface area contributed by atoms with Crippen molar-refractivity contribution in [2.45, 2.75) is 17.9 Å². The van der Waals surface area contributed by atoms with Gasteiger partial charge in [0.2, 0.25) is 5.88 Å². The highest BCUT2D eigenvalue weighted by molar-refractivity contribution is 7.90. The van der Waals surface area contributed by atoms with Crippen LogP contribution in [0.2, 0.25) is 10.0 Å². The molecule has 36 heavy (non-hydrogen) atoms. The Morgan fingerprint density at radius 2 is 1.86 bits per heavy atom. The predicted octanol–water partition coefficient (Wildman–Crippen LogP) is 6.25. The van der Waals surface area contributed by atoms with Gasteiger partial charge in [-0.25, -0.2) is 22.4 Å². The summed E-state index contributed by atoms with van der Waals surface area (Å²) in [5.41, 5.74) is 2.07. The highest BCUT2D eigenvalue weighted by atomic mass is 35.5. The molecular formula is C25H20Cl2N4O3S2. The fourth-order valence-corrected chi connectivity index (χ4v) is 6.61. The number of hydrogen-bond acceptors (Lipinski definition) is 7. The number of thiophene rings is 1. The lowest BCUT2D eigenvalue weighted by Crippen LogP contribution is -2.12. The molecule has 1 N–H and O–H groups in total. The van der Waals surface area contributed by atoms with Crippen molar-refractivity contribution in [2.24, 2.45) is 0 Å². The first-order valence-electron chi connectivity index (χ1n) is 10.8. The van der Waals surface area contributed by atoms with E-state index in [-0.39, 0.29) is 4.90 Å². The minimum absolute atomic E-state index is 0.180. The molecule has 184 valence electrons. The van der Waals surface area contributed by atoms with Crippen LogP contribution >= 0.6 is 34.5 Å². The molecule has 11 heteroatoms. The minimum Gasteiger partial charge on any atom is -0.481 e. The summed E-state index contributed by atoms with van der Waals surface area (Å²) < 4.78 is 33.0. The number of methoxy groups -OCH3 is 1. The van der Waals surface area contributed by atoms with Crippen LogP contribution in [0.1, 0.15) is 16.0 Å². The summed E-state index contributed by atoms with van der Waals surface area (Å²) in [6, 6.07) is 15.6. The van der Waals surface area contributed by atoms with Gasteiger partial charge in [0.1, 0.15) is 0 Å². The van der Waals surface area contributed by atoms with Gasteiger partial charge >= 0.3 is 0 Å². The van der Waals surface area contributed by atoms with Crippen molar-refractivity contribution < 1.29 is 13.2 Å². The lowest BCUT2D eigenvalue weighted by Gasteiger charge is -2.06. The quantitative estimate of drug-likeness (QED) is 0.242. The lowest BCUT2D eigenvalue weighted by atomic mass is 10.1. The average Bonchev–Trinajstić information content (AvgIpc) is 3.43. The topological polar surface area (TPSA) is 86.1 Å². The van der Waals surface area contributed by atoms with Crippen LogP contribution < -0.4 is 10.1 Å². The Labute approximate surface area is 222 Å². The zero-order chi connectivity index (χ0) is 25.3. The Balaban J connectivity index is 1.44. The number of pyridine rings is 2. The van der Waals surface area contributed by atoms with E-state index >= 15 is 0 Å². The van der Waals surface area contributed by atoms with Crippen molar-refractivity contribution in [3.05, 3.63) is 99.2 Å². The molecule has 0 aliphatic rings. The van der Waals surface area contributed by atoms with E-state index in [2.05, 4.69) is 15.3 Å². The second-order valence-corrected chi connectivity index (χ2v) is 11.7. The van der Waals surface area contributed by atoms with Gasteiger partial charge in [-0.3, -0.25) is 0 Å². The van der Waals surface area contributed by atoms with E-state index in [1.165, 1.54) is 21.5 Å². The molecule has 0 saturated carbocycles. The molecule has 5 aromatic rings. The normalized spacial score (nSPS) is 11.6. The largest absolute Gasteiger partial charge is 0.481 e. The molecule has 0 amide bonds. The van der Waals surface area contributed by atoms with Crippen LogP contribution in [-0.4, -0.2) is 29.5 Å². The molecule has 4 heterocycles. The Morgan fingerprint density at radius 3 is 2.58 bits per heavy atom. The summed E-state index contributed by atoms with van der Waals surface area (Å²) in [4.78, 5) is 9.62. The molecule has 0 spiro atoms. The minimum atomic E-state index is -3.84. The number of aromatic nitrogens is 3. The molecule has 0 saturated heterocycles. The van der Waals surface area contributed by atoms with E-state index in [9.17, 15) is 8.42 Å².